The molecule has 2 aromatic heterocycles. The van der Waals surface area contributed by atoms with Gasteiger partial charge in [-0.1, -0.05) is 11.2 Å². The molecule has 17 nitrogen and oxygen atoms in total. The molecule has 0 bridgehead atoms. The van der Waals surface area contributed by atoms with Crippen molar-refractivity contribution in [3.05, 3.63) is 35.9 Å². The van der Waals surface area contributed by atoms with Gasteiger partial charge in [-0.3, -0.25) is 23.9 Å². The van der Waals surface area contributed by atoms with Crippen molar-refractivity contribution in [3.8, 4) is 17.1 Å². The third kappa shape index (κ3) is 6.68. The summed E-state index contributed by atoms with van der Waals surface area (Å²) in [6, 6.07) is 6.06. The van der Waals surface area contributed by atoms with Gasteiger partial charge >= 0.3 is 17.9 Å². The second-order valence-corrected chi connectivity index (χ2v) is 11.1. The number of ether oxygens (including phenoxy) is 1. The number of anilines is 3. The molecule has 1 saturated carbocycles. The first-order chi connectivity index (χ1) is 20.0. The maximum atomic E-state index is 12.8. The van der Waals surface area contributed by atoms with Crippen LogP contribution in [-0.2, 0) is 15.6 Å². The number of hydrogen-bond acceptors (Lipinski definition) is 14. The molecule has 18 heteroatoms. The molecule has 222 valence electrons. The van der Waals surface area contributed by atoms with Gasteiger partial charge in [0.25, 0.3) is 5.91 Å². The van der Waals surface area contributed by atoms with Gasteiger partial charge in [-0.2, -0.15) is 4.98 Å². The number of benzene rings is 1. The Balaban J connectivity index is 1.45. The van der Waals surface area contributed by atoms with E-state index in [2.05, 4.69) is 31.0 Å². The zero-order valence-electron chi connectivity index (χ0n) is 22.1. The van der Waals surface area contributed by atoms with E-state index in [0.29, 0.717) is 30.2 Å². The normalized spacial score (nSPS) is 15.7. The van der Waals surface area contributed by atoms with E-state index < -0.39 is 34.4 Å². The second-order valence-electron chi connectivity index (χ2n) is 9.42. The maximum absolute atomic E-state index is 12.8. The molecule has 2 fully saturated rings. The predicted molar refractivity (Wildman–Crippen MR) is 144 cm³/mol. The fourth-order valence-corrected chi connectivity index (χ4v) is 5.13. The molecule has 1 aliphatic heterocycles. The minimum absolute atomic E-state index is 0.00667. The summed E-state index contributed by atoms with van der Waals surface area (Å²) in [5.74, 6) is -1.47. The first-order valence-corrected chi connectivity index (χ1v) is 14.1. The third-order valence-electron chi connectivity index (χ3n) is 6.29. The summed E-state index contributed by atoms with van der Waals surface area (Å²) in [7, 11) is 0.391. The molecule has 0 unspecified atom stereocenters. The smallest absolute Gasteiger partial charge is 0.369 e. The van der Waals surface area contributed by atoms with E-state index >= 15 is 0 Å². The Morgan fingerprint density at radius 1 is 1.12 bits per heavy atom. The van der Waals surface area contributed by atoms with Gasteiger partial charge in [-0.25, -0.2) is 0 Å². The molecule has 1 aliphatic carbocycles. The molecule has 0 atom stereocenters. The summed E-state index contributed by atoms with van der Waals surface area (Å²) in [6.45, 7) is 0.601. The van der Waals surface area contributed by atoms with Crippen molar-refractivity contribution in [2.45, 2.75) is 18.9 Å². The summed E-state index contributed by atoms with van der Waals surface area (Å²) >= 11 is 0. The fourth-order valence-electron chi connectivity index (χ4n) is 4.07. The Hall–Kier alpha value is -4.52. The summed E-state index contributed by atoms with van der Waals surface area (Å²) in [5, 5.41) is 46.3. The predicted octanol–water partition coefficient (Wildman–Crippen LogP) is -0.850. The number of rotatable bonds is 9. The van der Waals surface area contributed by atoms with Crippen molar-refractivity contribution in [1.82, 2.24) is 30.6 Å². The molecule has 0 radical (unpaired) electrons. The number of nitrogens with zero attached hydrogens (tertiary/aromatic N) is 5. The first kappa shape index (κ1) is 29.0. The number of nitrogens with one attached hydrogen (secondary N) is 3. The van der Waals surface area contributed by atoms with Crippen LogP contribution in [0, 0.1) is 5.92 Å². The Kier molecular flexibility index (Phi) is 8.12. The number of aliphatic hydroxyl groups is 3. The molecular weight excluding hydrogens is 576 g/mol. The number of methoxy groups -OCH3 is 1. The lowest BCUT2D eigenvalue weighted by Crippen LogP contribution is -2.48. The van der Waals surface area contributed by atoms with Crippen LogP contribution in [0.1, 0.15) is 34.0 Å². The minimum Gasteiger partial charge on any atom is -0.494 e. The monoisotopic (exact) mass is 602 g/mol. The number of hydrogen-bond donors (Lipinski definition) is 6. The highest BCUT2D eigenvalue weighted by Gasteiger charge is 2.31. The zero-order valence-corrected chi connectivity index (χ0v) is 22.9. The molecule has 6 N–H and O–H groups in total. The Morgan fingerprint density at radius 3 is 2.52 bits per heavy atom. The van der Waals surface area contributed by atoms with Crippen LogP contribution in [0.25, 0.3) is 11.4 Å². The van der Waals surface area contributed by atoms with Gasteiger partial charge in [0, 0.05) is 47.4 Å². The summed E-state index contributed by atoms with van der Waals surface area (Å²) in [6.07, 6.45) is -2.06. The van der Waals surface area contributed by atoms with E-state index in [-0.39, 0.29) is 46.5 Å². The first-order valence-electron chi connectivity index (χ1n) is 12.6. The number of carbonyl (C=O) groups excluding carboxylic acids is 3. The average molecular weight is 603 g/mol. The van der Waals surface area contributed by atoms with Crippen molar-refractivity contribution >= 4 is 45.7 Å². The lowest BCUT2D eigenvalue weighted by Gasteiger charge is -2.24. The quantitative estimate of drug-likeness (QED) is 0.164. The summed E-state index contributed by atoms with van der Waals surface area (Å²) in [5.41, 5.74) is 0.0273. The average Bonchev–Trinajstić information content (AvgIpc) is 3.69. The number of aromatic nitrogens is 4. The highest BCUT2D eigenvalue weighted by molar-refractivity contribution is 7.85. The van der Waals surface area contributed by atoms with Crippen LogP contribution in [0.2, 0.25) is 0 Å². The molecule has 1 saturated heterocycles. The van der Waals surface area contributed by atoms with Crippen molar-refractivity contribution in [2.75, 3.05) is 42.3 Å². The highest BCUT2D eigenvalue weighted by Crippen LogP contribution is 2.37. The van der Waals surface area contributed by atoms with E-state index in [4.69, 9.17) is 9.26 Å². The molecule has 1 aromatic carbocycles. The number of carbonyl (C=O) groups is 3. The van der Waals surface area contributed by atoms with Gasteiger partial charge in [0.1, 0.15) is 0 Å². The molecule has 3 heterocycles. The van der Waals surface area contributed by atoms with Crippen LogP contribution in [0.3, 0.4) is 0 Å². The van der Waals surface area contributed by atoms with Gasteiger partial charge in [-0.15, -0.1) is 10.2 Å². The lowest BCUT2D eigenvalue weighted by atomic mass is 10.1. The molecule has 3 aromatic rings. The second kappa shape index (κ2) is 11.8. The topological polar surface area (TPSA) is 242 Å². The Morgan fingerprint density at radius 2 is 1.86 bits per heavy atom. The molecule has 5 rings (SSSR count). The van der Waals surface area contributed by atoms with E-state index in [1.165, 1.54) is 18.1 Å². The van der Waals surface area contributed by atoms with Crippen molar-refractivity contribution in [3.63, 3.8) is 0 Å². The molecule has 2 aliphatic rings. The van der Waals surface area contributed by atoms with Crippen LogP contribution in [0.15, 0.2) is 28.8 Å². The van der Waals surface area contributed by atoms with E-state index in [1.807, 2.05) is 0 Å². The van der Waals surface area contributed by atoms with Crippen molar-refractivity contribution in [1.29, 1.82) is 0 Å². The summed E-state index contributed by atoms with van der Waals surface area (Å²) in [4.78, 5) is 43.4. The standard InChI is InChI=1S/C24H26N8O9S/c1-40-18-13(19-27-22(41-31-19)23(35)32-7-9-42(39)10-8-32)3-2-4-14(18)25-15-11-16(26-20(33)12-5-6-12)29-30-17(15)21(34)28-24(36,37)38/h2-4,11-12,36-38H,5-10H2,1H3,(H,28,34)(H2,25,26,29,33). The largest absolute Gasteiger partial charge is 0.494 e. The van der Waals surface area contributed by atoms with Gasteiger partial charge in [-0.05, 0) is 25.0 Å². The summed E-state index contributed by atoms with van der Waals surface area (Å²) < 4.78 is 22.4. The van der Waals surface area contributed by atoms with E-state index in [9.17, 15) is 33.9 Å². The number of para-hydroxylation sites is 1. The van der Waals surface area contributed by atoms with Crippen LogP contribution in [-0.4, -0.2) is 100 Å². The SMILES string of the molecule is COc1c(Nc2cc(NC(=O)C3CC3)nnc2C(=O)NC(O)(O)O)cccc1-c1noc(C(=O)N2CCS(=O)CC2)n1. The molecule has 42 heavy (non-hydrogen) atoms. The maximum Gasteiger partial charge on any atom is 0.369 e. The number of amides is 3. The Labute approximate surface area is 239 Å². The minimum atomic E-state index is -3.54. The van der Waals surface area contributed by atoms with Crippen LogP contribution < -0.4 is 20.7 Å². The molecule has 0 spiro atoms. The van der Waals surface area contributed by atoms with Gasteiger partial charge in [0.15, 0.2) is 17.3 Å². The van der Waals surface area contributed by atoms with Crippen LogP contribution in [0.4, 0.5) is 17.2 Å². The van der Waals surface area contributed by atoms with Crippen LogP contribution >= 0.6 is 0 Å². The van der Waals surface area contributed by atoms with Crippen LogP contribution in [0.5, 0.6) is 5.75 Å². The Bertz CT molecular complexity index is 1540. The third-order valence-corrected chi connectivity index (χ3v) is 7.57. The van der Waals surface area contributed by atoms with Crippen molar-refractivity contribution < 1.29 is 43.2 Å². The van der Waals surface area contributed by atoms with Crippen molar-refractivity contribution in [2.24, 2.45) is 5.92 Å². The zero-order chi connectivity index (χ0) is 30.0. The fraction of sp³-hybridized carbons (Fsp3) is 0.375. The molecule has 3 amide bonds. The van der Waals surface area contributed by atoms with Gasteiger partial charge in [0.2, 0.25) is 11.7 Å². The van der Waals surface area contributed by atoms with E-state index in [1.54, 1.807) is 23.5 Å². The van der Waals surface area contributed by atoms with E-state index in [0.717, 1.165) is 12.8 Å². The van der Waals surface area contributed by atoms with Gasteiger partial charge in [0.05, 0.1) is 24.0 Å². The lowest BCUT2D eigenvalue weighted by molar-refractivity contribution is -0.323. The van der Waals surface area contributed by atoms with Gasteiger partial charge < -0.3 is 40.1 Å². The highest BCUT2D eigenvalue weighted by atomic mass is 32.2. The molecular formula is C24H26N8O9S.